The van der Waals surface area contributed by atoms with Crippen LogP contribution in [-0.4, -0.2) is 32.1 Å². The largest absolute Gasteiger partial charge is 0.491 e. The van der Waals surface area contributed by atoms with Gasteiger partial charge in [-0.2, -0.15) is 0 Å². The van der Waals surface area contributed by atoms with Crippen LogP contribution in [-0.2, 0) is 4.74 Å². The van der Waals surface area contributed by atoms with E-state index in [1.807, 2.05) is 0 Å². The average Bonchev–Trinajstić information content (AvgIpc) is 2.31. The van der Waals surface area contributed by atoms with E-state index in [2.05, 4.69) is 9.97 Å². The van der Waals surface area contributed by atoms with Gasteiger partial charge in [-0.1, -0.05) is 0 Å². The Hall–Kier alpha value is -2.44. The lowest BCUT2D eigenvalue weighted by Gasteiger charge is -2.03. The Labute approximate surface area is 95.3 Å². The second-order valence-corrected chi connectivity index (χ2v) is 3.14. The van der Waals surface area contributed by atoms with Crippen molar-refractivity contribution >= 4 is 11.6 Å². The van der Waals surface area contributed by atoms with E-state index in [9.17, 15) is 14.7 Å². The van der Waals surface area contributed by atoms with Gasteiger partial charge in [0.1, 0.15) is 5.56 Å². The smallest absolute Gasteiger partial charge is 0.345 e. The maximum Gasteiger partial charge on any atom is 0.345 e. The van der Waals surface area contributed by atoms with Gasteiger partial charge in [-0.25, -0.2) is 14.8 Å². The number of esters is 1. The van der Waals surface area contributed by atoms with Gasteiger partial charge in [-0.3, -0.25) is 9.20 Å². The van der Waals surface area contributed by atoms with Crippen LogP contribution >= 0.6 is 0 Å². The average molecular weight is 235 g/mol. The fraction of sp³-hybridized carbons (Fsp3) is 0.200. The minimum absolute atomic E-state index is 0.00875. The Kier molecular flexibility index (Phi) is 2.73. The number of carbonyl (C=O) groups excluding carboxylic acids is 1. The normalized spacial score (nSPS) is 10.4. The lowest BCUT2D eigenvalue weighted by molar-refractivity contribution is 0.0523. The molecule has 0 amide bonds. The highest BCUT2D eigenvalue weighted by atomic mass is 16.5. The van der Waals surface area contributed by atoms with Crippen LogP contribution in [0.4, 0.5) is 0 Å². The van der Waals surface area contributed by atoms with Gasteiger partial charge in [-0.15, -0.1) is 0 Å². The number of nitrogens with zero attached hydrogens (tertiary/aromatic N) is 3. The summed E-state index contributed by atoms with van der Waals surface area (Å²) in [6.07, 6.45) is 3.62. The zero-order valence-corrected chi connectivity index (χ0v) is 8.95. The second kappa shape index (κ2) is 4.20. The molecule has 88 valence electrons. The molecule has 0 spiro atoms. The maximum atomic E-state index is 11.9. The highest BCUT2D eigenvalue weighted by molar-refractivity contribution is 5.88. The molecule has 1 N–H and O–H groups in total. The van der Waals surface area contributed by atoms with Crippen molar-refractivity contribution in [3.8, 4) is 5.88 Å². The Morgan fingerprint density at radius 3 is 3.00 bits per heavy atom. The topological polar surface area (TPSA) is 93.8 Å². The zero-order chi connectivity index (χ0) is 12.4. The lowest BCUT2D eigenvalue weighted by atomic mass is 10.3. The van der Waals surface area contributed by atoms with Gasteiger partial charge in [0.25, 0.3) is 11.4 Å². The molecule has 0 unspecified atom stereocenters. The number of rotatable bonds is 2. The predicted octanol–water partition coefficient (Wildman–Crippen LogP) is -0.0282. The summed E-state index contributed by atoms with van der Waals surface area (Å²) in [5, 5.41) is 9.38. The van der Waals surface area contributed by atoms with Crippen LogP contribution in [0.15, 0.2) is 23.4 Å². The van der Waals surface area contributed by atoms with Crippen LogP contribution in [0.25, 0.3) is 5.65 Å². The molecular weight excluding hydrogens is 226 g/mol. The molecule has 2 aromatic rings. The van der Waals surface area contributed by atoms with E-state index in [0.29, 0.717) is 0 Å². The van der Waals surface area contributed by atoms with E-state index in [1.165, 1.54) is 12.4 Å². The molecule has 2 aromatic heterocycles. The number of aromatic nitrogens is 3. The van der Waals surface area contributed by atoms with Crippen LogP contribution in [0.3, 0.4) is 0 Å². The first-order valence-corrected chi connectivity index (χ1v) is 4.87. The SMILES string of the molecule is CCOC(=O)c1cnc2c(O)nccn2c1=O. The monoisotopic (exact) mass is 235 g/mol. The van der Waals surface area contributed by atoms with E-state index in [4.69, 9.17) is 4.74 Å². The van der Waals surface area contributed by atoms with E-state index >= 15 is 0 Å². The molecule has 0 aliphatic carbocycles. The molecule has 2 heterocycles. The first kappa shape index (κ1) is 11.1. The molecule has 0 fully saturated rings. The molecular formula is C10H9N3O4. The quantitative estimate of drug-likeness (QED) is 0.735. The molecule has 0 saturated heterocycles. The minimum Gasteiger partial charge on any atom is -0.491 e. The van der Waals surface area contributed by atoms with Crippen molar-refractivity contribution < 1.29 is 14.6 Å². The fourth-order valence-electron chi connectivity index (χ4n) is 1.35. The van der Waals surface area contributed by atoms with Gasteiger partial charge in [0.05, 0.1) is 6.61 Å². The second-order valence-electron chi connectivity index (χ2n) is 3.14. The van der Waals surface area contributed by atoms with Crippen LogP contribution in [0.5, 0.6) is 5.88 Å². The molecule has 0 bridgehead atoms. The Morgan fingerprint density at radius 1 is 1.53 bits per heavy atom. The predicted molar refractivity (Wildman–Crippen MR) is 56.9 cm³/mol. The van der Waals surface area contributed by atoms with E-state index in [1.54, 1.807) is 6.92 Å². The first-order valence-electron chi connectivity index (χ1n) is 4.87. The molecule has 7 nitrogen and oxygen atoms in total. The Balaban J connectivity index is 2.67. The fourth-order valence-corrected chi connectivity index (χ4v) is 1.35. The number of fused-ring (bicyclic) bond motifs is 1. The molecule has 7 heteroatoms. The zero-order valence-electron chi connectivity index (χ0n) is 8.95. The summed E-state index contributed by atoms with van der Waals surface area (Å²) in [7, 11) is 0. The van der Waals surface area contributed by atoms with Crippen molar-refractivity contribution in [1.29, 1.82) is 0 Å². The van der Waals surface area contributed by atoms with Crippen molar-refractivity contribution in [2.45, 2.75) is 6.92 Å². The lowest BCUT2D eigenvalue weighted by Crippen LogP contribution is -2.24. The van der Waals surface area contributed by atoms with Crippen LogP contribution in [0, 0.1) is 0 Å². The van der Waals surface area contributed by atoms with Gasteiger partial charge in [-0.05, 0) is 6.92 Å². The van der Waals surface area contributed by atoms with Gasteiger partial charge in [0.15, 0.2) is 0 Å². The number of aromatic hydroxyl groups is 1. The summed E-state index contributed by atoms with van der Waals surface area (Å²) in [5.74, 6) is -1.12. The minimum atomic E-state index is -0.740. The standard InChI is InChI=1S/C10H9N3O4/c1-2-17-10(16)6-5-12-7-8(14)11-3-4-13(7)9(6)15/h3-5H,2H2,1H3,(H,11,14). The summed E-state index contributed by atoms with van der Waals surface area (Å²) in [5.41, 5.74) is -0.799. The third kappa shape index (κ3) is 1.82. The molecule has 0 aliphatic rings. The van der Waals surface area contributed by atoms with Crippen molar-refractivity contribution in [3.05, 3.63) is 34.5 Å². The molecule has 0 atom stereocenters. The van der Waals surface area contributed by atoms with Crippen molar-refractivity contribution in [3.63, 3.8) is 0 Å². The van der Waals surface area contributed by atoms with Crippen LogP contribution < -0.4 is 5.56 Å². The summed E-state index contributed by atoms with van der Waals surface area (Å²) < 4.78 is 5.75. The Bertz CT molecular complexity index is 635. The summed E-state index contributed by atoms with van der Waals surface area (Å²) in [4.78, 5) is 30.7. The highest BCUT2D eigenvalue weighted by Gasteiger charge is 2.15. The van der Waals surface area contributed by atoms with Crippen LogP contribution in [0.1, 0.15) is 17.3 Å². The van der Waals surface area contributed by atoms with E-state index in [-0.39, 0.29) is 23.7 Å². The first-order chi connectivity index (χ1) is 8.15. The molecule has 0 saturated carbocycles. The molecule has 17 heavy (non-hydrogen) atoms. The molecule has 0 radical (unpaired) electrons. The van der Waals surface area contributed by atoms with Crippen molar-refractivity contribution in [1.82, 2.24) is 14.4 Å². The summed E-state index contributed by atoms with van der Waals surface area (Å²) >= 11 is 0. The number of carbonyl (C=O) groups is 1. The number of ether oxygens (including phenoxy) is 1. The molecule has 0 aromatic carbocycles. The van der Waals surface area contributed by atoms with Gasteiger partial charge < -0.3 is 9.84 Å². The molecule has 0 aliphatic heterocycles. The van der Waals surface area contributed by atoms with Crippen molar-refractivity contribution in [2.75, 3.05) is 6.61 Å². The van der Waals surface area contributed by atoms with Gasteiger partial charge >= 0.3 is 5.97 Å². The summed E-state index contributed by atoms with van der Waals surface area (Å²) in [6, 6.07) is 0. The molecule has 2 rings (SSSR count). The van der Waals surface area contributed by atoms with Crippen LogP contribution in [0.2, 0.25) is 0 Å². The third-order valence-electron chi connectivity index (χ3n) is 2.10. The number of hydrogen-bond acceptors (Lipinski definition) is 6. The maximum absolute atomic E-state index is 11.9. The number of hydrogen-bond donors (Lipinski definition) is 1. The third-order valence-corrected chi connectivity index (χ3v) is 2.10. The van der Waals surface area contributed by atoms with Gasteiger partial charge in [0.2, 0.25) is 5.65 Å². The van der Waals surface area contributed by atoms with E-state index in [0.717, 1.165) is 10.6 Å². The highest BCUT2D eigenvalue weighted by Crippen LogP contribution is 2.09. The summed E-state index contributed by atoms with van der Waals surface area (Å²) in [6.45, 7) is 1.81. The Morgan fingerprint density at radius 2 is 2.29 bits per heavy atom. The van der Waals surface area contributed by atoms with Crippen molar-refractivity contribution in [2.24, 2.45) is 0 Å². The van der Waals surface area contributed by atoms with E-state index < -0.39 is 11.5 Å². The van der Waals surface area contributed by atoms with Gasteiger partial charge in [0, 0.05) is 18.6 Å².